The number of nitrogens with two attached hydrogens (primary N) is 1. The van der Waals surface area contributed by atoms with Crippen molar-refractivity contribution in [1.29, 1.82) is 0 Å². The Balaban J connectivity index is 1.75. The van der Waals surface area contributed by atoms with Crippen LogP contribution in [0.25, 0.3) is 0 Å². The van der Waals surface area contributed by atoms with E-state index in [0.29, 0.717) is 24.6 Å². The summed E-state index contributed by atoms with van der Waals surface area (Å²) in [7, 11) is 0. The Labute approximate surface area is 162 Å². The van der Waals surface area contributed by atoms with Gasteiger partial charge < -0.3 is 20.7 Å². The van der Waals surface area contributed by atoms with Crippen molar-refractivity contribution in [1.82, 2.24) is 10.3 Å². The lowest BCUT2D eigenvalue weighted by molar-refractivity contribution is -0.120. The number of anilines is 1. The van der Waals surface area contributed by atoms with Crippen LogP contribution in [0.15, 0.2) is 12.1 Å². The van der Waals surface area contributed by atoms with Crippen LogP contribution in [0, 0.1) is 11.8 Å². The Bertz CT molecular complexity index is 745. The van der Waals surface area contributed by atoms with E-state index in [-0.39, 0.29) is 17.5 Å². The molecule has 2 heterocycles. The highest BCUT2D eigenvalue weighted by Crippen LogP contribution is 2.37. The fourth-order valence-electron chi connectivity index (χ4n) is 3.02. The highest BCUT2D eigenvalue weighted by molar-refractivity contribution is 5.96. The third-order valence-electron chi connectivity index (χ3n) is 4.77. The summed E-state index contributed by atoms with van der Waals surface area (Å²) >= 11 is 0. The largest absolute Gasteiger partial charge is 0.476 e. The van der Waals surface area contributed by atoms with Gasteiger partial charge in [0, 0.05) is 0 Å². The minimum absolute atomic E-state index is 0.0526. The van der Waals surface area contributed by atoms with Crippen molar-refractivity contribution in [2.45, 2.75) is 45.1 Å². The highest BCUT2D eigenvalue weighted by atomic mass is 19.3. The van der Waals surface area contributed by atoms with Crippen molar-refractivity contribution in [2.75, 3.05) is 24.6 Å². The number of carbonyl (C=O) groups is 2. The van der Waals surface area contributed by atoms with Gasteiger partial charge in [0.25, 0.3) is 11.8 Å². The molecule has 1 atom stereocenters. The molecule has 1 aliphatic heterocycles. The van der Waals surface area contributed by atoms with Crippen LogP contribution < -0.4 is 20.7 Å². The Kier molecular flexibility index (Phi) is 5.71. The second-order valence-corrected chi connectivity index (χ2v) is 8.05. The van der Waals surface area contributed by atoms with Crippen molar-refractivity contribution in [3.63, 3.8) is 0 Å². The number of alkyl halides is 2. The number of nitrogens with zero attached hydrogens (tertiary/aromatic N) is 2. The molecule has 9 heteroatoms. The number of nitrogens with one attached hydrogen (secondary N) is 1. The first-order valence-corrected chi connectivity index (χ1v) is 9.51. The van der Waals surface area contributed by atoms with E-state index in [1.54, 1.807) is 6.07 Å². The van der Waals surface area contributed by atoms with E-state index < -0.39 is 36.9 Å². The maximum absolute atomic E-state index is 13.2. The van der Waals surface area contributed by atoms with Gasteiger partial charge in [-0.3, -0.25) is 9.59 Å². The highest BCUT2D eigenvalue weighted by Gasteiger charge is 2.45. The summed E-state index contributed by atoms with van der Waals surface area (Å²) in [6, 6.07) is 2.19. The molecular formula is C19H26F2N4O3. The van der Waals surface area contributed by atoms with Gasteiger partial charge in [-0.25, -0.2) is 13.8 Å². The second kappa shape index (κ2) is 7.89. The van der Waals surface area contributed by atoms with E-state index in [2.05, 4.69) is 10.3 Å². The predicted octanol–water partition coefficient (Wildman–Crippen LogP) is 1.96. The maximum atomic E-state index is 13.2. The molecule has 1 aliphatic carbocycles. The van der Waals surface area contributed by atoms with Crippen LogP contribution in [0.2, 0.25) is 0 Å². The summed E-state index contributed by atoms with van der Waals surface area (Å²) in [6.07, 6.45) is 2.53. The van der Waals surface area contributed by atoms with Gasteiger partial charge in [-0.05, 0) is 43.2 Å². The van der Waals surface area contributed by atoms with E-state index >= 15 is 0 Å². The molecule has 2 amide bonds. The van der Waals surface area contributed by atoms with Crippen molar-refractivity contribution >= 4 is 17.5 Å². The van der Waals surface area contributed by atoms with Crippen LogP contribution in [-0.2, 0) is 4.79 Å². The lowest BCUT2D eigenvalue weighted by Crippen LogP contribution is -2.56. The van der Waals surface area contributed by atoms with Gasteiger partial charge in [0.15, 0.2) is 0 Å². The molecule has 0 spiro atoms. The van der Waals surface area contributed by atoms with Gasteiger partial charge in [-0.1, -0.05) is 13.8 Å². The molecule has 3 rings (SSSR count). The zero-order chi connectivity index (χ0) is 20.5. The summed E-state index contributed by atoms with van der Waals surface area (Å²) in [6.45, 7) is 3.46. The minimum atomic E-state index is -2.73. The molecule has 0 unspecified atom stereocenters. The lowest BCUT2D eigenvalue weighted by atomic mass is 10.0. The molecule has 154 valence electrons. The Morgan fingerprint density at radius 2 is 2.04 bits per heavy atom. The quantitative estimate of drug-likeness (QED) is 0.665. The van der Waals surface area contributed by atoms with Crippen molar-refractivity contribution in [3.8, 4) is 5.88 Å². The summed E-state index contributed by atoms with van der Waals surface area (Å²) in [5.74, 6) is -3.13. The predicted molar refractivity (Wildman–Crippen MR) is 99.5 cm³/mol. The topological polar surface area (TPSA) is 97.6 Å². The number of carbonyl (C=O) groups excluding carboxylic acids is 2. The summed E-state index contributed by atoms with van der Waals surface area (Å²) < 4.78 is 32.2. The molecule has 1 aromatic rings. The fraction of sp³-hybridized carbons (Fsp3) is 0.632. The number of rotatable bonds is 9. The summed E-state index contributed by atoms with van der Waals surface area (Å²) in [4.78, 5) is 29.8. The number of ether oxygens (including phenoxy) is 1. The molecule has 7 nitrogen and oxygen atoms in total. The number of hydrogen-bond donors (Lipinski definition) is 2. The number of pyridine rings is 1. The molecule has 0 radical (unpaired) electrons. The van der Waals surface area contributed by atoms with Gasteiger partial charge in [0.2, 0.25) is 11.8 Å². The van der Waals surface area contributed by atoms with Gasteiger partial charge >= 0.3 is 0 Å². The van der Waals surface area contributed by atoms with E-state index in [1.807, 2.05) is 13.8 Å². The molecule has 2 aliphatic rings. The van der Waals surface area contributed by atoms with Gasteiger partial charge in [-0.15, -0.1) is 0 Å². The van der Waals surface area contributed by atoms with Crippen molar-refractivity contribution in [2.24, 2.45) is 17.6 Å². The van der Waals surface area contributed by atoms with Gasteiger partial charge in [-0.2, -0.15) is 0 Å². The molecular weight excluding hydrogens is 370 g/mol. The number of hydrogen-bond acceptors (Lipinski definition) is 5. The van der Waals surface area contributed by atoms with Crippen LogP contribution in [-0.4, -0.2) is 48.5 Å². The average molecular weight is 396 g/mol. The van der Waals surface area contributed by atoms with Crippen molar-refractivity contribution < 1.29 is 23.1 Å². The first-order chi connectivity index (χ1) is 13.1. The van der Waals surface area contributed by atoms with E-state index in [4.69, 9.17) is 10.5 Å². The summed E-state index contributed by atoms with van der Waals surface area (Å²) in [5, 5.41) is 2.59. The molecule has 28 heavy (non-hydrogen) atoms. The monoisotopic (exact) mass is 396 g/mol. The normalized spacial score (nSPS) is 19.1. The van der Waals surface area contributed by atoms with Crippen LogP contribution in [0.5, 0.6) is 5.88 Å². The molecule has 2 fully saturated rings. The minimum Gasteiger partial charge on any atom is -0.476 e. The standard InChI is InChI=1S/C19H26F2N4O3/c1-11(2)7-14(16(22)26)23-17(27)13-5-6-15(25-9-19(20,21)10-25)18(24-13)28-8-12-3-4-12/h5-6,11-12,14H,3-4,7-10H2,1-2H3,(H2,22,26)(H,23,27)/t14-/m0/s1. The van der Waals surface area contributed by atoms with E-state index in [1.165, 1.54) is 11.0 Å². The maximum Gasteiger partial charge on any atom is 0.282 e. The van der Waals surface area contributed by atoms with E-state index in [9.17, 15) is 18.4 Å². The average Bonchev–Trinajstić information content (AvgIpc) is 3.40. The third kappa shape index (κ3) is 5.08. The smallest absolute Gasteiger partial charge is 0.282 e. The zero-order valence-electron chi connectivity index (χ0n) is 16.1. The first-order valence-electron chi connectivity index (χ1n) is 9.51. The molecule has 1 saturated heterocycles. The van der Waals surface area contributed by atoms with Gasteiger partial charge in [0.1, 0.15) is 17.4 Å². The first kappa shape index (κ1) is 20.3. The number of aromatic nitrogens is 1. The van der Waals surface area contributed by atoms with Gasteiger partial charge in [0.05, 0.1) is 19.7 Å². The second-order valence-electron chi connectivity index (χ2n) is 8.05. The molecule has 3 N–H and O–H groups in total. The fourth-order valence-corrected chi connectivity index (χ4v) is 3.02. The number of primary amides is 1. The SMILES string of the molecule is CC(C)C[C@H](NC(=O)c1ccc(N2CC(F)(F)C2)c(OCC2CC2)n1)C(N)=O. The summed E-state index contributed by atoms with van der Waals surface area (Å²) in [5.41, 5.74) is 5.86. The molecule has 1 aromatic heterocycles. The Morgan fingerprint density at radius 1 is 1.36 bits per heavy atom. The zero-order valence-corrected chi connectivity index (χ0v) is 16.1. The molecule has 1 saturated carbocycles. The Morgan fingerprint density at radius 3 is 2.57 bits per heavy atom. The molecule has 0 bridgehead atoms. The van der Waals surface area contributed by atoms with Crippen molar-refractivity contribution in [3.05, 3.63) is 17.8 Å². The lowest BCUT2D eigenvalue weighted by Gasteiger charge is -2.40. The number of amides is 2. The van der Waals surface area contributed by atoms with Crippen LogP contribution in [0.1, 0.15) is 43.6 Å². The van der Waals surface area contributed by atoms with Crippen LogP contribution in [0.3, 0.4) is 0 Å². The van der Waals surface area contributed by atoms with Crippen LogP contribution in [0.4, 0.5) is 14.5 Å². The number of halogens is 2. The van der Waals surface area contributed by atoms with E-state index in [0.717, 1.165) is 12.8 Å². The third-order valence-corrected chi connectivity index (χ3v) is 4.77. The Hall–Kier alpha value is -2.45. The molecule has 0 aromatic carbocycles. The van der Waals surface area contributed by atoms with Crippen LogP contribution >= 0.6 is 0 Å².